The Bertz CT molecular complexity index is 715. The number of rotatable bonds is 3. The second kappa shape index (κ2) is 7.39. The van der Waals surface area contributed by atoms with Crippen molar-refractivity contribution in [1.82, 2.24) is 14.1 Å². The number of nitrogens with zero attached hydrogens (tertiary/aromatic N) is 3. The zero-order valence-corrected chi connectivity index (χ0v) is 15.2. The average molecular weight is 369 g/mol. The van der Waals surface area contributed by atoms with Gasteiger partial charge in [0.25, 0.3) is 0 Å². The predicted molar refractivity (Wildman–Crippen MR) is 92.0 cm³/mol. The van der Waals surface area contributed by atoms with Crippen LogP contribution in [0.25, 0.3) is 0 Å². The minimum Gasteiger partial charge on any atom is -0.340 e. The van der Waals surface area contributed by atoms with Crippen molar-refractivity contribution in [2.75, 3.05) is 46.3 Å². The summed E-state index contributed by atoms with van der Waals surface area (Å²) in [5.41, 5.74) is 0. The summed E-state index contributed by atoms with van der Waals surface area (Å²) in [6.07, 6.45) is 1.37. The number of likely N-dealkylation sites (N-methyl/N-ethyl adjacent to an activating group) is 1. The molecular formula is C17H24FN3O3S. The summed E-state index contributed by atoms with van der Waals surface area (Å²) in [5.74, 6) is -0.722. The molecule has 0 bridgehead atoms. The number of benzene rings is 1. The molecule has 1 amide bonds. The summed E-state index contributed by atoms with van der Waals surface area (Å²) in [7, 11) is -1.67. The van der Waals surface area contributed by atoms with Crippen molar-refractivity contribution >= 4 is 15.9 Å². The lowest BCUT2D eigenvalue weighted by atomic mass is 9.98. The maximum absolute atomic E-state index is 13.1. The van der Waals surface area contributed by atoms with Crippen LogP contribution in [0.4, 0.5) is 4.39 Å². The molecule has 1 atom stereocenters. The Morgan fingerprint density at radius 3 is 2.36 bits per heavy atom. The number of hydrogen-bond acceptors (Lipinski definition) is 4. The van der Waals surface area contributed by atoms with Gasteiger partial charge in [-0.15, -0.1) is 0 Å². The van der Waals surface area contributed by atoms with Gasteiger partial charge in [-0.05, 0) is 44.2 Å². The molecule has 2 fully saturated rings. The first-order valence-corrected chi connectivity index (χ1v) is 10.0. The van der Waals surface area contributed by atoms with E-state index in [1.54, 1.807) is 0 Å². The van der Waals surface area contributed by atoms with Crippen molar-refractivity contribution in [2.24, 2.45) is 5.92 Å². The third-order valence-corrected chi connectivity index (χ3v) is 6.88. The Morgan fingerprint density at radius 2 is 1.72 bits per heavy atom. The third-order valence-electron chi connectivity index (χ3n) is 5.00. The third kappa shape index (κ3) is 4.02. The van der Waals surface area contributed by atoms with Crippen LogP contribution in [0.5, 0.6) is 0 Å². The molecule has 1 aromatic carbocycles. The fraction of sp³-hybridized carbons (Fsp3) is 0.588. The van der Waals surface area contributed by atoms with Gasteiger partial charge >= 0.3 is 0 Å². The average Bonchev–Trinajstić information content (AvgIpc) is 2.62. The normalized spacial score (nSPS) is 23.6. The highest BCUT2D eigenvalue weighted by atomic mass is 32.2. The molecule has 2 heterocycles. The monoisotopic (exact) mass is 369 g/mol. The summed E-state index contributed by atoms with van der Waals surface area (Å²) in [6.45, 7) is 3.66. The van der Waals surface area contributed by atoms with E-state index >= 15 is 0 Å². The molecule has 0 saturated carbocycles. The molecule has 8 heteroatoms. The van der Waals surface area contributed by atoms with Gasteiger partial charge in [0.1, 0.15) is 5.82 Å². The molecule has 25 heavy (non-hydrogen) atoms. The topological polar surface area (TPSA) is 60.9 Å². The van der Waals surface area contributed by atoms with Gasteiger partial charge in [0.05, 0.1) is 10.8 Å². The van der Waals surface area contributed by atoms with Gasteiger partial charge in [-0.1, -0.05) is 0 Å². The Balaban J connectivity index is 1.70. The molecule has 0 radical (unpaired) electrons. The summed E-state index contributed by atoms with van der Waals surface area (Å²) in [4.78, 5) is 16.8. The van der Waals surface area contributed by atoms with E-state index in [9.17, 15) is 17.6 Å². The zero-order chi connectivity index (χ0) is 18.0. The first-order chi connectivity index (χ1) is 11.9. The summed E-state index contributed by atoms with van der Waals surface area (Å²) in [6, 6.07) is 4.83. The highest BCUT2D eigenvalue weighted by Crippen LogP contribution is 2.25. The number of hydrogen-bond donors (Lipinski definition) is 0. The fourth-order valence-corrected chi connectivity index (χ4v) is 4.93. The van der Waals surface area contributed by atoms with Crippen molar-refractivity contribution in [1.29, 1.82) is 0 Å². The van der Waals surface area contributed by atoms with Crippen LogP contribution < -0.4 is 0 Å². The molecular weight excluding hydrogens is 345 g/mol. The van der Waals surface area contributed by atoms with Crippen LogP contribution in [0.1, 0.15) is 12.8 Å². The van der Waals surface area contributed by atoms with Gasteiger partial charge in [-0.3, -0.25) is 4.79 Å². The van der Waals surface area contributed by atoms with E-state index in [0.29, 0.717) is 32.5 Å². The first-order valence-electron chi connectivity index (χ1n) is 8.61. The quantitative estimate of drug-likeness (QED) is 0.798. The molecule has 2 saturated heterocycles. The van der Waals surface area contributed by atoms with Gasteiger partial charge in [0, 0.05) is 39.3 Å². The number of sulfonamides is 1. The molecule has 0 N–H and O–H groups in total. The lowest BCUT2D eigenvalue weighted by molar-refractivity contribution is -0.138. The maximum atomic E-state index is 13.1. The predicted octanol–water partition coefficient (Wildman–Crippen LogP) is 1.00. The van der Waals surface area contributed by atoms with E-state index in [0.717, 1.165) is 25.2 Å². The van der Waals surface area contributed by atoms with Crippen LogP contribution in [0, 0.1) is 11.7 Å². The highest BCUT2D eigenvalue weighted by molar-refractivity contribution is 7.89. The van der Waals surface area contributed by atoms with E-state index in [1.807, 2.05) is 11.9 Å². The lowest BCUT2D eigenvalue weighted by Crippen LogP contribution is -2.52. The molecule has 0 unspecified atom stereocenters. The summed E-state index contributed by atoms with van der Waals surface area (Å²) < 4.78 is 39.9. The Hall–Kier alpha value is -1.51. The minimum absolute atomic E-state index is 0.0482. The van der Waals surface area contributed by atoms with Gasteiger partial charge in [0.2, 0.25) is 15.9 Å². The van der Waals surface area contributed by atoms with Crippen molar-refractivity contribution < 1.29 is 17.6 Å². The molecule has 3 rings (SSSR count). The van der Waals surface area contributed by atoms with E-state index in [1.165, 1.54) is 16.4 Å². The van der Waals surface area contributed by atoms with Crippen molar-refractivity contribution in [3.63, 3.8) is 0 Å². The summed E-state index contributed by atoms with van der Waals surface area (Å²) in [5, 5.41) is 0. The van der Waals surface area contributed by atoms with Gasteiger partial charge < -0.3 is 9.80 Å². The molecule has 0 spiro atoms. The van der Waals surface area contributed by atoms with Crippen molar-refractivity contribution in [3.8, 4) is 0 Å². The van der Waals surface area contributed by atoms with Crippen LogP contribution in [0.2, 0.25) is 0 Å². The maximum Gasteiger partial charge on any atom is 0.243 e. The number of carbonyl (C=O) groups is 1. The van der Waals surface area contributed by atoms with Gasteiger partial charge in [-0.25, -0.2) is 12.8 Å². The smallest absolute Gasteiger partial charge is 0.243 e. The fourth-order valence-electron chi connectivity index (χ4n) is 3.40. The van der Waals surface area contributed by atoms with Crippen molar-refractivity contribution in [3.05, 3.63) is 30.1 Å². The first kappa shape index (κ1) is 18.3. The Kier molecular flexibility index (Phi) is 5.41. The second-order valence-corrected chi connectivity index (χ2v) is 8.72. The van der Waals surface area contributed by atoms with E-state index in [4.69, 9.17) is 0 Å². The number of carbonyl (C=O) groups excluding carboxylic acids is 1. The van der Waals surface area contributed by atoms with E-state index in [-0.39, 0.29) is 23.3 Å². The molecule has 138 valence electrons. The number of halogens is 1. The van der Waals surface area contributed by atoms with E-state index < -0.39 is 15.8 Å². The second-order valence-electron chi connectivity index (χ2n) is 6.78. The van der Waals surface area contributed by atoms with Crippen LogP contribution in [-0.4, -0.2) is 74.7 Å². The van der Waals surface area contributed by atoms with E-state index in [2.05, 4.69) is 4.90 Å². The molecule has 0 aliphatic carbocycles. The van der Waals surface area contributed by atoms with Crippen LogP contribution in [0.3, 0.4) is 0 Å². The molecule has 0 aromatic heterocycles. The lowest BCUT2D eigenvalue weighted by Gasteiger charge is -2.37. The molecule has 2 aliphatic rings. The summed E-state index contributed by atoms with van der Waals surface area (Å²) >= 11 is 0. The number of piperidine rings is 1. The standard InChI is InChI=1S/C17H24FN3O3S/c1-19-9-11-20(12-10-19)17(22)14-3-2-8-21(13-14)25(23,24)16-6-4-15(18)5-7-16/h4-7,14H,2-3,8-13H2,1H3/t14-/m1/s1. The Morgan fingerprint density at radius 1 is 1.08 bits per heavy atom. The molecule has 2 aliphatic heterocycles. The number of amides is 1. The number of piperazine rings is 1. The van der Waals surface area contributed by atoms with Crippen LogP contribution in [0.15, 0.2) is 29.2 Å². The largest absolute Gasteiger partial charge is 0.340 e. The Labute approximate surface area is 148 Å². The molecule has 6 nitrogen and oxygen atoms in total. The van der Waals surface area contributed by atoms with Gasteiger partial charge in [-0.2, -0.15) is 4.31 Å². The molecule has 1 aromatic rings. The van der Waals surface area contributed by atoms with Crippen LogP contribution >= 0.6 is 0 Å². The van der Waals surface area contributed by atoms with Crippen molar-refractivity contribution in [2.45, 2.75) is 17.7 Å². The SMILES string of the molecule is CN1CCN(C(=O)[C@@H]2CCCN(S(=O)(=O)c3ccc(F)cc3)C2)CC1. The van der Waals surface area contributed by atoms with Gasteiger partial charge in [0.15, 0.2) is 0 Å². The van der Waals surface area contributed by atoms with Crippen LogP contribution in [-0.2, 0) is 14.8 Å². The zero-order valence-electron chi connectivity index (χ0n) is 14.4. The highest BCUT2D eigenvalue weighted by Gasteiger charge is 2.35. The minimum atomic E-state index is -3.70.